The maximum absolute atomic E-state index is 5.55. The lowest BCUT2D eigenvalue weighted by molar-refractivity contribution is 0.0321. The molecule has 5 nitrogen and oxygen atoms in total. The third kappa shape index (κ3) is 7.23. The first kappa shape index (κ1) is 15.8. The highest BCUT2D eigenvalue weighted by molar-refractivity contribution is 7.80. The molecule has 1 saturated heterocycles. The predicted molar refractivity (Wildman–Crippen MR) is 77.0 cm³/mol. The number of morpholine rings is 1. The standard InChI is InChI=1S/C12H25N3O2S/c1-16-9-6-14(3-2-12(13)18)4-5-15-7-10-17-11-8-15/h2-11H2,1H3,(H2,13,18). The quantitative estimate of drug-likeness (QED) is 0.595. The van der Waals surface area contributed by atoms with Gasteiger partial charge in [-0.2, -0.15) is 0 Å². The minimum atomic E-state index is 0.587. The number of ether oxygens (including phenoxy) is 2. The van der Waals surface area contributed by atoms with E-state index in [1.54, 1.807) is 7.11 Å². The van der Waals surface area contributed by atoms with Gasteiger partial charge in [0.25, 0.3) is 0 Å². The van der Waals surface area contributed by atoms with Crippen LogP contribution in [0.15, 0.2) is 0 Å². The second-order valence-corrected chi connectivity index (χ2v) is 5.03. The highest BCUT2D eigenvalue weighted by Gasteiger charge is 2.12. The third-order valence-corrected chi connectivity index (χ3v) is 3.33. The lowest BCUT2D eigenvalue weighted by Crippen LogP contribution is -2.42. The molecule has 0 aliphatic carbocycles. The van der Waals surface area contributed by atoms with Crippen molar-refractivity contribution in [1.82, 2.24) is 9.80 Å². The van der Waals surface area contributed by atoms with E-state index in [1.807, 2.05) is 0 Å². The molecular weight excluding hydrogens is 250 g/mol. The van der Waals surface area contributed by atoms with E-state index >= 15 is 0 Å². The van der Waals surface area contributed by atoms with Gasteiger partial charge in [-0.15, -0.1) is 0 Å². The van der Waals surface area contributed by atoms with Crippen LogP contribution in [0.25, 0.3) is 0 Å². The summed E-state index contributed by atoms with van der Waals surface area (Å²) in [6.45, 7) is 8.49. The van der Waals surface area contributed by atoms with Crippen LogP contribution < -0.4 is 5.73 Å². The fourth-order valence-electron chi connectivity index (χ4n) is 1.93. The van der Waals surface area contributed by atoms with Crippen LogP contribution in [0, 0.1) is 0 Å². The number of thiocarbonyl (C=S) groups is 1. The zero-order valence-corrected chi connectivity index (χ0v) is 12.1. The number of hydrogen-bond acceptors (Lipinski definition) is 5. The van der Waals surface area contributed by atoms with Crippen LogP contribution in [0.1, 0.15) is 6.42 Å². The number of methoxy groups -OCH3 is 1. The summed E-state index contributed by atoms with van der Waals surface area (Å²) in [5.41, 5.74) is 5.55. The minimum Gasteiger partial charge on any atom is -0.393 e. The molecule has 1 aliphatic rings. The lowest BCUT2D eigenvalue weighted by atomic mass is 10.3. The van der Waals surface area contributed by atoms with Gasteiger partial charge >= 0.3 is 0 Å². The van der Waals surface area contributed by atoms with E-state index in [9.17, 15) is 0 Å². The summed E-state index contributed by atoms with van der Waals surface area (Å²) in [6.07, 6.45) is 0.780. The molecule has 6 heteroatoms. The van der Waals surface area contributed by atoms with E-state index in [4.69, 9.17) is 27.4 Å². The van der Waals surface area contributed by atoms with Crippen molar-refractivity contribution >= 4 is 17.2 Å². The Morgan fingerprint density at radius 1 is 1.33 bits per heavy atom. The molecule has 0 amide bonds. The molecule has 2 N–H and O–H groups in total. The molecule has 0 aromatic rings. The predicted octanol–water partition coefficient (Wildman–Crippen LogP) is -0.0568. The average molecular weight is 275 g/mol. The summed E-state index contributed by atoms with van der Waals surface area (Å²) in [6, 6.07) is 0. The zero-order chi connectivity index (χ0) is 13.2. The summed E-state index contributed by atoms with van der Waals surface area (Å²) in [7, 11) is 1.73. The summed E-state index contributed by atoms with van der Waals surface area (Å²) < 4.78 is 10.5. The molecule has 0 unspecified atom stereocenters. The van der Waals surface area contributed by atoms with Gasteiger partial charge in [0, 0.05) is 52.8 Å². The molecule has 1 rings (SSSR count). The fraction of sp³-hybridized carbons (Fsp3) is 0.917. The van der Waals surface area contributed by atoms with Gasteiger partial charge in [-0.05, 0) is 0 Å². The van der Waals surface area contributed by atoms with Gasteiger partial charge in [-0.1, -0.05) is 12.2 Å². The molecule has 0 spiro atoms. The molecule has 106 valence electrons. The van der Waals surface area contributed by atoms with Crippen molar-refractivity contribution in [3.63, 3.8) is 0 Å². The number of hydrogen-bond donors (Lipinski definition) is 1. The van der Waals surface area contributed by atoms with Gasteiger partial charge in [-0.25, -0.2) is 0 Å². The molecule has 1 aliphatic heterocycles. The largest absolute Gasteiger partial charge is 0.393 e. The highest BCUT2D eigenvalue weighted by Crippen LogP contribution is 1.99. The van der Waals surface area contributed by atoms with Crippen LogP contribution in [0.5, 0.6) is 0 Å². The lowest BCUT2D eigenvalue weighted by Gasteiger charge is -2.29. The topological polar surface area (TPSA) is 51.0 Å². The molecule has 0 bridgehead atoms. The van der Waals surface area contributed by atoms with Crippen LogP contribution >= 0.6 is 12.2 Å². The molecule has 0 atom stereocenters. The maximum Gasteiger partial charge on any atom is 0.0740 e. The van der Waals surface area contributed by atoms with Crippen molar-refractivity contribution in [3.8, 4) is 0 Å². The number of nitrogens with zero attached hydrogens (tertiary/aromatic N) is 2. The maximum atomic E-state index is 5.55. The number of nitrogens with two attached hydrogens (primary N) is 1. The molecule has 0 aromatic heterocycles. The monoisotopic (exact) mass is 275 g/mol. The van der Waals surface area contributed by atoms with E-state index in [0.717, 1.165) is 65.5 Å². The molecule has 0 aromatic carbocycles. The van der Waals surface area contributed by atoms with E-state index in [1.165, 1.54) is 0 Å². The summed E-state index contributed by atoms with van der Waals surface area (Å²) in [4.78, 5) is 5.38. The number of rotatable bonds is 9. The third-order valence-electron chi connectivity index (χ3n) is 3.12. The van der Waals surface area contributed by atoms with Gasteiger partial charge in [0.2, 0.25) is 0 Å². The van der Waals surface area contributed by atoms with Crippen molar-refractivity contribution in [3.05, 3.63) is 0 Å². The second kappa shape index (κ2) is 9.63. The van der Waals surface area contributed by atoms with Crippen LogP contribution in [-0.4, -0.2) is 81.0 Å². The SMILES string of the molecule is COCCN(CCC(N)=S)CCN1CCOCC1. The first-order valence-corrected chi connectivity index (χ1v) is 6.93. The van der Waals surface area contributed by atoms with Crippen molar-refractivity contribution in [1.29, 1.82) is 0 Å². The first-order valence-electron chi connectivity index (χ1n) is 6.52. The highest BCUT2D eigenvalue weighted by atomic mass is 32.1. The van der Waals surface area contributed by atoms with Crippen molar-refractivity contribution in [2.45, 2.75) is 6.42 Å². The zero-order valence-electron chi connectivity index (χ0n) is 11.3. The van der Waals surface area contributed by atoms with Crippen LogP contribution in [0.4, 0.5) is 0 Å². The van der Waals surface area contributed by atoms with Gasteiger partial charge in [0.1, 0.15) is 0 Å². The van der Waals surface area contributed by atoms with Crippen LogP contribution in [-0.2, 0) is 9.47 Å². The molecule has 0 radical (unpaired) electrons. The Bertz CT molecular complexity index is 235. The van der Waals surface area contributed by atoms with Crippen LogP contribution in [0.2, 0.25) is 0 Å². The smallest absolute Gasteiger partial charge is 0.0740 e. The Morgan fingerprint density at radius 3 is 2.67 bits per heavy atom. The van der Waals surface area contributed by atoms with Crippen molar-refractivity contribution in [2.75, 3.05) is 66.2 Å². The normalized spacial score (nSPS) is 17.2. The Balaban J connectivity index is 2.22. The van der Waals surface area contributed by atoms with Gasteiger partial charge in [0.15, 0.2) is 0 Å². The Labute approximate surface area is 115 Å². The first-order chi connectivity index (χ1) is 8.72. The van der Waals surface area contributed by atoms with Crippen molar-refractivity contribution in [2.24, 2.45) is 5.73 Å². The molecule has 1 heterocycles. The van der Waals surface area contributed by atoms with E-state index in [-0.39, 0.29) is 0 Å². The molecule has 0 saturated carbocycles. The van der Waals surface area contributed by atoms with E-state index < -0.39 is 0 Å². The van der Waals surface area contributed by atoms with Gasteiger partial charge in [0.05, 0.1) is 24.8 Å². The Morgan fingerprint density at radius 2 is 2.06 bits per heavy atom. The van der Waals surface area contributed by atoms with Gasteiger partial charge in [-0.3, -0.25) is 9.80 Å². The Kier molecular flexibility index (Phi) is 8.45. The van der Waals surface area contributed by atoms with E-state index in [2.05, 4.69) is 9.80 Å². The summed E-state index contributed by atoms with van der Waals surface area (Å²) in [5, 5.41) is 0. The summed E-state index contributed by atoms with van der Waals surface area (Å²) >= 11 is 4.93. The molecule has 1 fully saturated rings. The minimum absolute atomic E-state index is 0.587. The van der Waals surface area contributed by atoms with Crippen LogP contribution in [0.3, 0.4) is 0 Å². The molecule has 18 heavy (non-hydrogen) atoms. The van der Waals surface area contributed by atoms with E-state index in [0.29, 0.717) is 4.99 Å². The Hall–Kier alpha value is -0.270. The van der Waals surface area contributed by atoms with Gasteiger partial charge < -0.3 is 15.2 Å². The van der Waals surface area contributed by atoms with Crippen molar-refractivity contribution < 1.29 is 9.47 Å². The average Bonchev–Trinajstić information content (AvgIpc) is 2.39. The fourth-order valence-corrected chi connectivity index (χ4v) is 2.02. The summed E-state index contributed by atoms with van der Waals surface area (Å²) in [5.74, 6) is 0. The second-order valence-electron chi connectivity index (χ2n) is 4.50. The molecular formula is C12H25N3O2S.